The monoisotopic (exact) mass is 1970 g/mol. The van der Waals surface area contributed by atoms with Gasteiger partial charge in [0.25, 0.3) is 0 Å². The smallest absolute Gasteiger partial charge is 0.173 e. The summed E-state index contributed by atoms with van der Waals surface area (Å²) in [4.78, 5) is 35.9. The molecular formula is C99H135N39O6. The second-order valence-corrected chi connectivity index (χ2v) is 38.6. The van der Waals surface area contributed by atoms with Crippen molar-refractivity contribution in [3.8, 4) is 18.2 Å². The van der Waals surface area contributed by atoms with Crippen molar-refractivity contribution < 1.29 is 30.0 Å². The van der Waals surface area contributed by atoms with E-state index in [-0.39, 0.29) is 108 Å². The Morgan fingerprint density at radius 1 is 0.319 bits per heavy atom. The molecule has 0 aliphatic heterocycles. The molecule has 0 spiro atoms. The van der Waals surface area contributed by atoms with Gasteiger partial charge in [0.15, 0.2) is 17.5 Å². The fourth-order valence-corrected chi connectivity index (χ4v) is 20.7. The summed E-state index contributed by atoms with van der Waals surface area (Å²) in [5.74, 6) is 2.02. The molecule has 12 heterocycles. The Morgan fingerprint density at radius 3 is 0.694 bits per heavy atom. The van der Waals surface area contributed by atoms with Crippen LogP contribution in [-0.2, 0) is 14.4 Å². The van der Waals surface area contributed by atoms with E-state index >= 15 is 0 Å². The zero-order chi connectivity index (χ0) is 103. The molecule has 0 aromatic carbocycles. The maximum atomic E-state index is 12.0. The van der Waals surface area contributed by atoms with Gasteiger partial charge in [-0.25, -0.2) is 27.1 Å². The molecule has 6 aliphatic carbocycles. The number of hydrogen-bond acceptors (Lipinski definition) is 33. The number of rotatable bonds is 27. The number of oxime groups is 3. The third-order valence-electron chi connectivity index (χ3n) is 28.3. The lowest BCUT2D eigenvalue weighted by Gasteiger charge is -2.33. The SMILES string of the molecule is C[C@@H]1CCCC[C@@H]1Nc1c(C(=N)N)cnn2cc(N)cc12.C[C@@H]1CCCC[C@@H]1Nc1c(C(N)=NO)cnn2cc(N)cc12.C[C@H]1CCCC[C@H]1Nc1c(C(N)=NO)cnn2cc(N)cc12.N#CCC(=O)C[C@@H]1CCCC[C@H]1Nc1c(C(=N)N)cnn2cc(N)cc12.N#CCC(=O)C[C@@H]1CCCC[C@H]1Nc1c(C(N)=NO)cnn2cc(N)cc12.N#CCC(=O)C[C@H]1CCCC[C@@H]1Nc1c(C(=N)N)cnn2cc(N)cc12. The van der Waals surface area contributed by atoms with E-state index < -0.39 is 0 Å². The van der Waals surface area contributed by atoms with E-state index in [1.165, 1.54) is 64.0 Å². The average Bonchev–Trinajstić information content (AvgIpc) is 1.62. The zero-order valence-electron chi connectivity index (χ0n) is 81.6. The number of ketones is 3. The van der Waals surface area contributed by atoms with E-state index in [2.05, 4.69) is 98.7 Å². The largest absolute Gasteiger partial charge is 0.409 e. The number of nitrogens with two attached hydrogens (primary N) is 12. The van der Waals surface area contributed by atoms with Crippen LogP contribution < -0.4 is 101 Å². The number of nitrogens with one attached hydrogen (secondary N) is 9. The number of anilines is 12. The van der Waals surface area contributed by atoms with Crippen molar-refractivity contribution >= 4 is 154 Å². The van der Waals surface area contributed by atoms with Crippen LogP contribution >= 0.6 is 0 Å². The van der Waals surface area contributed by atoms with Crippen molar-refractivity contribution in [1.29, 1.82) is 32.0 Å². The van der Waals surface area contributed by atoms with Crippen molar-refractivity contribution in [3.63, 3.8) is 0 Å². The summed E-state index contributed by atoms with van der Waals surface area (Å²) >= 11 is 0. The van der Waals surface area contributed by atoms with Crippen molar-refractivity contribution in [2.24, 2.45) is 85.4 Å². The van der Waals surface area contributed by atoms with Crippen molar-refractivity contribution in [2.75, 3.05) is 66.3 Å². The van der Waals surface area contributed by atoms with Crippen LogP contribution in [-0.4, -0.2) is 162 Å². The number of nitrogens with zero attached hydrogens (tertiary/aromatic N) is 18. The molecule has 762 valence electrons. The van der Waals surface area contributed by atoms with E-state index in [4.69, 9.17) is 116 Å². The summed E-state index contributed by atoms with van der Waals surface area (Å²) in [5, 5.41) is 133. The Morgan fingerprint density at radius 2 is 0.500 bits per heavy atom. The number of Topliss-reactive ketones (excluding diaryl/α,β-unsaturated/α-hetero) is 3. The minimum Gasteiger partial charge on any atom is -0.409 e. The Kier molecular flexibility index (Phi) is 35.3. The highest BCUT2D eigenvalue weighted by molar-refractivity contribution is 6.09. The second kappa shape index (κ2) is 48.5. The quantitative estimate of drug-likeness (QED) is 0.00984. The highest BCUT2D eigenvalue weighted by atomic mass is 16.4. The highest BCUT2D eigenvalue weighted by Gasteiger charge is 2.35. The minimum atomic E-state index is -0.0739. The first kappa shape index (κ1) is 105. The zero-order valence-corrected chi connectivity index (χ0v) is 81.6. The molecule has 0 radical (unpaired) electrons. The lowest BCUT2D eigenvalue weighted by atomic mass is 9.81. The van der Waals surface area contributed by atoms with Gasteiger partial charge in [-0.3, -0.25) is 30.6 Å². The van der Waals surface area contributed by atoms with Crippen molar-refractivity contribution in [1.82, 2.24) is 57.7 Å². The van der Waals surface area contributed by atoms with Crippen LogP contribution in [0.3, 0.4) is 0 Å². The number of hydrogen-bond donors (Lipinski definition) is 24. The Labute approximate surface area is 832 Å². The summed E-state index contributed by atoms with van der Waals surface area (Å²) in [6, 6.07) is 18.0. The van der Waals surface area contributed by atoms with E-state index in [1.54, 1.807) is 113 Å². The van der Waals surface area contributed by atoms with Gasteiger partial charge in [-0.05, 0) is 149 Å². The predicted molar refractivity (Wildman–Crippen MR) is 561 cm³/mol. The van der Waals surface area contributed by atoms with Gasteiger partial charge in [-0.1, -0.05) is 113 Å². The molecule has 144 heavy (non-hydrogen) atoms. The summed E-state index contributed by atoms with van der Waals surface area (Å²) in [5.41, 5.74) is 86.3. The molecule has 12 aromatic heterocycles. The molecule has 0 unspecified atom stereocenters. The van der Waals surface area contributed by atoms with Gasteiger partial charge >= 0.3 is 0 Å². The number of nitrogen functional groups attached to an aromatic ring is 9. The standard InChI is InChI=1S/C18H23N7O2.2C18H23N7O.2C15H22N6O.C15H22N6/c19-6-5-13(26)7-11-3-1-2-4-15(11)23-17-14(18(21)24-27)9-22-25-10-12(20)8-16(17)25;2*19-6-5-13(26)7-11-3-1-2-4-15(11)24-17-14(18(21)22)9-23-25-10-12(20)8-16(17)25;2*1-9-4-2-3-5-12(9)19-14-11(15(17)20-22)7-18-21-8-10(16)6-13(14)21;1-9-4-2-3-5-12(9)20-14-11(15(17)18)7-19-21-8-10(16)6-13(14)21/h8-11,15,23,27H,1-5,7,20H2,(H2,21,24);2*8-11,15,24H,1-5,7,20H2,(H3,21,22);2*6-9,12,19,22H,2-5,16H2,1H3,(H2,17,20);6-9,12,20H,2-5,16H2,1H3,(H3,17,18)/t3*11-,15+;3*9-,12+/m010101/s1. The fraction of sp³-hybridized carbons (Fsp3) is 0.455. The molecule has 45 heteroatoms. The summed E-state index contributed by atoms with van der Waals surface area (Å²) in [6.07, 6.45) is 47.3. The lowest BCUT2D eigenvalue weighted by Crippen LogP contribution is -2.34. The van der Waals surface area contributed by atoms with Crippen molar-refractivity contribution in [2.45, 2.75) is 250 Å². The van der Waals surface area contributed by atoms with E-state index in [9.17, 15) is 14.4 Å². The number of carbonyl (C=O) groups is 3. The molecule has 6 saturated carbocycles. The number of amidine groups is 6. The first-order valence-electron chi connectivity index (χ1n) is 49.1. The highest BCUT2D eigenvalue weighted by Crippen LogP contribution is 2.41. The van der Waals surface area contributed by atoms with Gasteiger partial charge in [0.05, 0.1) is 247 Å². The molecule has 12 aromatic rings. The van der Waals surface area contributed by atoms with Gasteiger partial charge in [0, 0.05) is 55.5 Å². The summed E-state index contributed by atoms with van der Waals surface area (Å²) < 4.78 is 10.1. The Bertz CT molecular complexity index is 6570. The fourth-order valence-electron chi connectivity index (χ4n) is 20.7. The van der Waals surface area contributed by atoms with E-state index in [0.717, 1.165) is 141 Å². The summed E-state index contributed by atoms with van der Waals surface area (Å²) in [7, 11) is 0. The van der Waals surface area contributed by atoms with Crippen LogP contribution in [0.1, 0.15) is 247 Å². The normalized spacial score (nSPS) is 21.2. The van der Waals surface area contributed by atoms with Crippen LogP contribution in [0, 0.1) is 85.7 Å². The number of fused-ring (bicyclic) bond motifs is 6. The Balaban J connectivity index is 0.000000145. The molecule has 6 aliphatic rings. The molecule has 0 saturated heterocycles. The van der Waals surface area contributed by atoms with Gasteiger partial charge < -0.3 is 116 Å². The van der Waals surface area contributed by atoms with E-state index in [1.807, 2.05) is 36.4 Å². The van der Waals surface area contributed by atoms with Crippen LogP contribution in [0.4, 0.5) is 68.2 Å². The molecule has 0 bridgehead atoms. The molecular weight excluding hydrogens is 1830 g/mol. The van der Waals surface area contributed by atoms with E-state index in [0.29, 0.717) is 145 Å². The topological polar surface area (TPSA) is 780 Å². The molecule has 12 atom stereocenters. The van der Waals surface area contributed by atoms with Crippen LogP contribution in [0.5, 0.6) is 0 Å². The van der Waals surface area contributed by atoms with Gasteiger partial charge in [0.2, 0.25) is 0 Å². The second-order valence-electron chi connectivity index (χ2n) is 38.6. The van der Waals surface area contributed by atoms with Gasteiger partial charge in [0.1, 0.15) is 34.9 Å². The molecule has 6 fully saturated rings. The minimum absolute atomic E-state index is 0.0233. The van der Waals surface area contributed by atoms with Crippen LogP contribution in [0.15, 0.2) is 126 Å². The molecule has 18 rings (SSSR count). The number of nitriles is 3. The lowest BCUT2D eigenvalue weighted by molar-refractivity contribution is -0.120. The first-order valence-corrected chi connectivity index (χ1v) is 49.1. The maximum absolute atomic E-state index is 12.0. The predicted octanol–water partition coefficient (Wildman–Crippen LogP) is 12.1. The van der Waals surface area contributed by atoms with Gasteiger partial charge in [-0.2, -0.15) is 46.4 Å². The number of carbonyl (C=O) groups excluding carboxylic acids is 3. The molecule has 36 N–H and O–H groups in total. The molecule has 45 nitrogen and oxygen atoms in total. The third kappa shape index (κ3) is 25.8. The summed E-state index contributed by atoms with van der Waals surface area (Å²) in [6.45, 7) is 6.78. The average molecular weight is 1970 g/mol. The van der Waals surface area contributed by atoms with Crippen LogP contribution in [0.25, 0.3) is 33.1 Å². The Hall–Kier alpha value is -16.6. The van der Waals surface area contributed by atoms with Gasteiger partial charge in [-0.15, -0.1) is 0 Å². The van der Waals surface area contributed by atoms with Crippen LogP contribution in [0.2, 0.25) is 0 Å². The van der Waals surface area contributed by atoms with Crippen molar-refractivity contribution in [3.05, 3.63) is 144 Å². The third-order valence-corrected chi connectivity index (χ3v) is 28.3. The number of aromatic nitrogens is 12. The first-order chi connectivity index (χ1) is 69.3. The maximum Gasteiger partial charge on any atom is 0.173 e. The molecule has 0 amide bonds.